The van der Waals surface area contributed by atoms with Gasteiger partial charge in [-0.2, -0.15) is 0 Å². The SMILES string of the molecule is O=C(Nc1c(F)cc(F)cc1-c1ccccc1)C1CC1c1cccc(F)c1. The summed E-state index contributed by atoms with van der Waals surface area (Å²) in [6.45, 7) is 0. The molecule has 2 atom stereocenters. The van der Waals surface area contributed by atoms with Crippen molar-refractivity contribution in [3.63, 3.8) is 0 Å². The monoisotopic (exact) mass is 367 g/mol. The average molecular weight is 367 g/mol. The van der Waals surface area contributed by atoms with E-state index < -0.39 is 11.6 Å². The molecule has 2 unspecified atom stereocenters. The Labute approximate surface area is 154 Å². The van der Waals surface area contributed by atoms with Gasteiger partial charge in [0.25, 0.3) is 0 Å². The molecule has 3 aromatic rings. The predicted octanol–water partition coefficient (Wildman–Crippen LogP) is 5.51. The van der Waals surface area contributed by atoms with Gasteiger partial charge >= 0.3 is 0 Å². The maximum atomic E-state index is 14.4. The highest BCUT2D eigenvalue weighted by Gasteiger charge is 2.44. The Morgan fingerprint density at radius 1 is 0.889 bits per heavy atom. The Balaban J connectivity index is 1.59. The zero-order valence-electron chi connectivity index (χ0n) is 14.3. The number of anilines is 1. The van der Waals surface area contributed by atoms with Gasteiger partial charge in [-0.3, -0.25) is 4.79 Å². The number of halogens is 3. The third-order valence-electron chi connectivity index (χ3n) is 4.79. The first-order valence-corrected chi connectivity index (χ1v) is 8.64. The van der Waals surface area contributed by atoms with Crippen LogP contribution in [0.5, 0.6) is 0 Å². The maximum absolute atomic E-state index is 14.4. The number of benzene rings is 3. The first-order valence-electron chi connectivity index (χ1n) is 8.64. The summed E-state index contributed by atoms with van der Waals surface area (Å²) >= 11 is 0. The van der Waals surface area contributed by atoms with Crippen LogP contribution in [0.15, 0.2) is 66.7 Å². The minimum atomic E-state index is -0.829. The van der Waals surface area contributed by atoms with Gasteiger partial charge in [0.1, 0.15) is 17.5 Å². The minimum absolute atomic E-state index is 0.0440. The fraction of sp³-hybridized carbons (Fsp3) is 0.136. The highest BCUT2D eigenvalue weighted by atomic mass is 19.1. The Hall–Kier alpha value is -3.08. The second kappa shape index (κ2) is 6.91. The second-order valence-corrected chi connectivity index (χ2v) is 6.67. The fourth-order valence-corrected chi connectivity index (χ4v) is 3.35. The van der Waals surface area contributed by atoms with Gasteiger partial charge in [0.05, 0.1) is 5.69 Å². The van der Waals surface area contributed by atoms with Crippen LogP contribution in [0.25, 0.3) is 11.1 Å². The molecule has 1 amide bonds. The Bertz CT molecular complexity index is 1000. The van der Waals surface area contributed by atoms with Crippen LogP contribution >= 0.6 is 0 Å². The summed E-state index contributed by atoms with van der Waals surface area (Å²) < 4.78 is 41.5. The zero-order valence-corrected chi connectivity index (χ0v) is 14.3. The Morgan fingerprint density at radius 2 is 1.67 bits per heavy atom. The van der Waals surface area contributed by atoms with E-state index in [1.165, 1.54) is 18.2 Å². The van der Waals surface area contributed by atoms with Crippen LogP contribution in [0, 0.1) is 23.4 Å². The van der Waals surface area contributed by atoms with Crippen molar-refractivity contribution in [2.24, 2.45) is 5.92 Å². The number of hydrogen-bond donors (Lipinski definition) is 1. The fourth-order valence-electron chi connectivity index (χ4n) is 3.35. The molecule has 1 N–H and O–H groups in total. The quantitative estimate of drug-likeness (QED) is 0.647. The third kappa shape index (κ3) is 3.58. The molecule has 0 saturated heterocycles. The molecule has 27 heavy (non-hydrogen) atoms. The van der Waals surface area contributed by atoms with Crippen molar-refractivity contribution < 1.29 is 18.0 Å². The lowest BCUT2D eigenvalue weighted by atomic mass is 10.0. The molecule has 4 rings (SSSR count). The molecule has 2 nitrogen and oxygen atoms in total. The van der Waals surface area contributed by atoms with Crippen molar-refractivity contribution in [1.29, 1.82) is 0 Å². The number of carbonyl (C=O) groups is 1. The topological polar surface area (TPSA) is 29.1 Å². The van der Waals surface area contributed by atoms with Crippen molar-refractivity contribution in [2.75, 3.05) is 5.32 Å². The van der Waals surface area contributed by atoms with Gasteiger partial charge in [-0.1, -0.05) is 42.5 Å². The largest absolute Gasteiger partial charge is 0.323 e. The second-order valence-electron chi connectivity index (χ2n) is 6.67. The molecule has 0 radical (unpaired) electrons. The molecule has 1 aliphatic rings. The molecule has 1 saturated carbocycles. The molecule has 5 heteroatoms. The molecule has 136 valence electrons. The van der Waals surface area contributed by atoms with Gasteiger partial charge in [0, 0.05) is 17.5 Å². The van der Waals surface area contributed by atoms with Crippen LogP contribution < -0.4 is 5.32 Å². The van der Waals surface area contributed by atoms with Crippen molar-refractivity contribution >= 4 is 11.6 Å². The van der Waals surface area contributed by atoms with Crippen molar-refractivity contribution in [3.05, 3.63) is 89.7 Å². The van der Waals surface area contributed by atoms with Crippen molar-refractivity contribution in [2.45, 2.75) is 12.3 Å². The van der Waals surface area contributed by atoms with Gasteiger partial charge in [-0.25, -0.2) is 13.2 Å². The van der Waals surface area contributed by atoms with Gasteiger partial charge in [-0.05, 0) is 41.7 Å². The highest BCUT2D eigenvalue weighted by Crippen LogP contribution is 2.48. The lowest BCUT2D eigenvalue weighted by Crippen LogP contribution is -2.16. The standard InChI is InChI=1S/C22H16F3NO/c23-15-8-4-7-14(9-15)17-12-19(17)22(27)26-21-18(10-16(24)11-20(21)25)13-5-2-1-3-6-13/h1-11,17,19H,12H2,(H,26,27). The smallest absolute Gasteiger partial charge is 0.228 e. The normalized spacial score (nSPS) is 18.2. The van der Waals surface area contributed by atoms with Crippen LogP contribution in [0.4, 0.5) is 18.9 Å². The average Bonchev–Trinajstić information content (AvgIpc) is 3.45. The molecule has 0 heterocycles. The van der Waals surface area contributed by atoms with E-state index in [-0.39, 0.29) is 34.8 Å². The van der Waals surface area contributed by atoms with Crippen LogP contribution in [0.2, 0.25) is 0 Å². The van der Waals surface area contributed by atoms with E-state index in [1.54, 1.807) is 42.5 Å². The number of rotatable bonds is 4. The molecule has 0 spiro atoms. The molecule has 1 aliphatic carbocycles. The van der Waals surface area contributed by atoms with Crippen LogP contribution in [0.1, 0.15) is 17.9 Å². The minimum Gasteiger partial charge on any atom is -0.323 e. The molecular weight excluding hydrogens is 351 g/mol. The summed E-state index contributed by atoms with van der Waals surface area (Å²) in [6.07, 6.45) is 0.568. The lowest BCUT2D eigenvalue weighted by molar-refractivity contribution is -0.117. The maximum Gasteiger partial charge on any atom is 0.228 e. The first-order chi connectivity index (χ1) is 13.0. The molecule has 0 bridgehead atoms. The molecule has 3 aromatic carbocycles. The van der Waals surface area contributed by atoms with Crippen LogP contribution in [0.3, 0.4) is 0 Å². The number of nitrogens with one attached hydrogen (secondary N) is 1. The van der Waals surface area contributed by atoms with Crippen molar-refractivity contribution in [3.8, 4) is 11.1 Å². The van der Waals surface area contributed by atoms with Gasteiger partial charge in [0.2, 0.25) is 5.91 Å². The van der Waals surface area contributed by atoms with E-state index in [1.807, 2.05) is 0 Å². The van der Waals surface area contributed by atoms with Gasteiger partial charge in [-0.15, -0.1) is 0 Å². The van der Waals surface area contributed by atoms with E-state index in [9.17, 15) is 18.0 Å². The van der Waals surface area contributed by atoms with Gasteiger partial charge < -0.3 is 5.32 Å². The molecular formula is C22H16F3NO. The van der Waals surface area contributed by atoms with Crippen LogP contribution in [-0.4, -0.2) is 5.91 Å². The predicted molar refractivity (Wildman–Crippen MR) is 97.7 cm³/mol. The number of carbonyl (C=O) groups excluding carboxylic acids is 1. The summed E-state index contributed by atoms with van der Waals surface area (Å²) in [5.41, 5.74) is 1.59. The summed E-state index contributed by atoms with van der Waals surface area (Å²) in [4.78, 5) is 12.6. The first kappa shape index (κ1) is 17.3. The van der Waals surface area contributed by atoms with E-state index in [0.717, 1.165) is 11.6 Å². The van der Waals surface area contributed by atoms with E-state index in [2.05, 4.69) is 5.32 Å². The summed E-state index contributed by atoms with van der Waals surface area (Å²) in [5, 5.41) is 2.61. The van der Waals surface area contributed by atoms with Crippen LogP contribution in [-0.2, 0) is 4.79 Å². The zero-order chi connectivity index (χ0) is 19.0. The van der Waals surface area contributed by atoms with E-state index in [0.29, 0.717) is 12.0 Å². The van der Waals surface area contributed by atoms with E-state index in [4.69, 9.17) is 0 Å². The number of amides is 1. The Morgan fingerprint density at radius 3 is 2.41 bits per heavy atom. The van der Waals surface area contributed by atoms with Crippen molar-refractivity contribution in [1.82, 2.24) is 0 Å². The molecule has 0 aliphatic heterocycles. The lowest BCUT2D eigenvalue weighted by Gasteiger charge is -2.13. The molecule has 1 fully saturated rings. The van der Waals surface area contributed by atoms with Gasteiger partial charge in [0.15, 0.2) is 0 Å². The Kier molecular flexibility index (Phi) is 4.44. The summed E-state index contributed by atoms with van der Waals surface area (Å²) in [5.74, 6) is -2.70. The molecule has 0 aromatic heterocycles. The summed E-state index contributed by atoms with van der Waals surface area (Å²) in [7, 11) is 0. The third-order valence-corrected chi connectivity index (χ3v) is 4.79. The summed E-state index contributed by atoms with van der Waals surface area (Å²) in [6, 6.07) is 16.8. The van der Waals surface area contributed by atoms with E-state index >= 15 is 0 Å². The highest BCUT2D eigenvalue weighted by molar-refractivity contribution is 5.99. The number of hydrogen-bond acceptors (Lipinski definition) is 1.